The van der Waals surface area contributed by atoms with E-state index in [0.29, 0.717) is 6.54 Å². The number of likely N-dealkylation sites (tertiary alicyclic amines) is 1. The predicted octanol–water partition coefficient (Wildman–Crippen LogP) is 1.04. The van der Waals surface area contributed by atoms with Crippen molar-refractivity contribution >= 4 is 15.9 Å². The third kappa shape index (κ3) is 4.00. The average Bonchev–Trinajstić information content (AvgIpc) is 1.92. The van der Waals surface area contributed by atoms with Crippen LogP contribution in [0.1, 0.15) is 27.2 Å². The molecule has 0 aromatic carbocycles. The van der Waals surface area contributed by atoms with Crippen LogP contribution < -0.4 is 0 Å². The molecule has 0 aromatic heterocycles. The smallest absolute Gasteiger partial charge is 0.410 e. The van der Waals surface area contributed by atoms with E-state index in [0.717, 1.165) is 6.42 Å². The number of ether oxygens (including phenoxy) is 1. The van der Waals surface area contributed by atoms with Gasteiger partial charge in [0.05, 0.1) is 11.8 Å². The highest BCUT2D eigenvalue weighted by molar-refractivity contribution is 7.90. The summed E-state index contributed by atoms with van der Waals surface area (Å²) >= 11 is 0. The van der Waals surface area contributed by atoms with Crippen LogP contribution in [0.25, 0.3) is 0 Å². The van der Waals surface area contributed by atoms with Gasteiger partial charge >= 0.3 is 6.09 Å². The number of sulfone groups is 1. The van der Waals surface area contributed by atoms with E-state index in [2.05, 4.69) is 0 Å². The standard InChI is InChI=1S/C10H19NO4S/c1-10(2,3)15-9(12)11-6-5-8(11)7-16(4,13)14/h8H,5-7H2,1-4H3. The van der Waals surface area contributed by atoms with Crippen molar-refractivity contribution < 1.29 is 17.9 Å². The van der Waals surface area contributed by atoms with Crippen LogP contribution in [-0.2, 0) is 14.6 Å². The summed E-state index contributed by atoms with van der Waals surface area (Å²) < 4.78 is 27.4. The SMILES string of the molecule is CC(C)(C)OC(=O)N1CCC1CS(C)(=O)=O. The summed E-state index contributed by atoms with van der Waals surface area (Å²) in [6.07, 6.45) is 1.48. The number of carbonyl (C=O) groups is 1. The summed E-state index contributed by atoms with van der Waals surface area (Å²) in [5, 5.41) is 0. The van der Waals surface area contributed by atoms with E-state index in [1.807, 2.05) is 0 Å². The molecule has 6 heteroatoms. The summed E-state index contributed by atoms with van der Waals surface area (Å²) in [4.78, 5) is 13.1. The molecule has 0 radical (unpaired) electrons. The Morgan fingerprint density at radius 2 is 2.00 bits per heavy atom. The van der Waals surface area contributed by atoms with Gasteiger partial charge in [-0.3, -0.25) is 0 Å². The van der Waals surface area contributed by atoms with E-state index in [4.69, 9.17) is 4.74 Å². The first-order valence-corrected chi connectivity index (χ1v) is 7.32. The molecule has 1 aliphatic heterocycles. The fourth-order valence-corrected chi connectivity index (χ4v) is 2.57. The van der Waals surface area contributed by atoms with Crippen molar-refractivity contribution in [3.63, 3.8) is 0 Å². The van der Waals surface area contributed by atoms with Gasteiger partial charge in [-0.2, -0.15) is 0 Å². The Morgan fingerprint density at radius 3 is 2.31 bits per heavy atom. The molecule has 1 amide bonds. The highest BCUT2D eigenvalue weighted by Crippen LogP contribution is 2.22. The first-order chi connectivity index (χ1) is 7.08. The highest BCUT2D eigenvalue weighted by atomic mass is 32.2. The Bertz CT molecular complexity index is 369. The third-order valence-electron chi connectivity index (χ3n) is 2.27. The molecule has 1 aliphatic rings. The molecule has 0 bridgehead atoms. The molecule has 1 rings (SSSR count). The molecule has 5 nitrogen and oxygen atoms in total. The van der Waals surface area contributed by atoms with Crippen LogP contribution in [-0.4, -0.2) is 49.6 Å². The second-order valence-electron chi connectivity index (χ2n) is 5.21. The number of amides is 1. The Hall–Kier alpha value is -0.780. The van der Waals surface area contributed by atoms with E-state index < -0.39 is 21.5 Å². The van der Waals surface area contributed by atoms with Crippen molar-refractivity contribution in [1.82, 2.24) is 4.90 Å². The lowest BCUT2D eigenvalue weighted by Crippen LogP contribution is -2.55. The summed E-state index contributed by atoms with van der Waals surface area (Å²) in [5.41, 5.74) is -0.539. The summed E-state index contributed by atoms with van der Waals surface area (Å²) in [6, 6.07) is -0.218. The zero-order valence-electron chi connectivity index (χ0n) is 10.2. The van der Waals surface area contributed by atoms with Crippen LogP contribution >= 0.6 is 0 Å². The van der Waals surface area contributed by atoms with Gasteiger partial charge < -0.3 is 9.64 Å². The molecule has 1 saturated heterocycles. The average molecular weight is 249 g/mol. The maximum atomic E-state index is 11.6. The molecule has 16 heavy (non-hydrogen) atoms. The Morgan fingerprint density at radius 1 is 1.44 bits per heavy atom. The summed E-state index contributed by atoms with van der Waals surface area (Å²) in [7, 11) is -3.04. The minimum Gasteiger partial charge on any atom is -0.444 e. The molecule has 0 spiro atoms. The second-order valence-corrected chi connectivity index (χ2v) is 7.39. The lowest BCUT2D eigenvalue weighted by Gasteiger charge is -2.40. The van der Waals surface area contributed by atoms with Crippen molar-refractivity contribution in [1.29, 1.82) is 0 Å². The van der Waals surface area contributed by atoms with Crippen molar-refractivity contribution in [3.05, 3.63) is 0 Å². The van der Waals surface area contributed by atoms with E-state index in [1.165, 1.54) is 11.2 Å². The van der Waals surface area contributed by atoms with Gasteiger partial charge in [0.2, 0.25) is 0 Å². The quantitative estimate of drug-likeness (QED) is 0.733. The lowest BCUT2D eigenvalue weighted by molar-refractivity contribution is -0.00112. The van der Waals surface area contributed by atoms with Crippen molar-refractivity contribution in [2.24, 2.45) is 0 Å². The van der Waals surface area contributed by atoms with Gasteiger partial charge in [-0.15, -0.1) is 0 Å². The first-order valence-electron chi connectivity index (χ1n) is 5.26. The number of nitrogens with zero attached hydrogens (tertiary/aromatic N) is 1. The second kappa shape index (κ2) is 4.24. The van der Waals surface area contributed by atoms with Crippen molar-refractivity contribution in [2.75, 3.05) is 18.6 Å². The number of carbonyl (C=O) groups excluding carboxylic acids is 1. The van der Waals surface area contributed by atoms with Gasteiger partial charge in [-0.05, 0) is 27.2 Å². The van der Waals surface area contributed by atoms with Crippen LogP contribution in [0.15, 0.2) is 0 Å². The minimum absolute atomic E-state index is 0.0201. The molecule has 0 N–H and O–H groups in total. The Labute approximate surface area is 96.7 Å². The van der Waals surface area contributed by atoms with Crippen LogP contribution in [0.3, 0.4) is 0 Å². The molecular formula is C10H19NO4S. The monoisotopic (exact) mass is 249 g/mol. The first kappa shape index (κ1) is 13.3. The predicted molar refractivity (Wildman–Crippen MR) is 61.1 cm³/mol. The Kier molecular flexibility index (Phi) is 3.52. The van der Waals surface area contributed by atoms with Gasteiger partial charge in [-0.25, -0.2) is 13.2 Å². The molecule has 0 aromatic rings. The molecule has 0 saturated carbocycles. The number of hydrogen-bond acceptors (Lipinski definition) is 4. The van der Waals surface area contributed by atoms with Gasteiger partial charge in [0, 0.05) is 12.8 Å². The van der Waals surface area contributed by atoms with Crippen molar-refractivity contribution in [2.45, 2.75) is 38.8 Å². The summed E-state index contributed by atoms with van der Waals surface area (Å²) in [6.45, 7) is 5.94. The summed E-state index contributed by atoms with van der Waals surface area (Å²) in [5.74, 6) is 0.0201. The van der Waals surface area contributed by atoms with E-state index in [-0.39, 0.29) is 11.8 Å². The molecular weight excluding hydrogens is 230 g/mol. The van der Waals surface area contributed by atoms with Gasteiger partial charge in [0.15, 0.2) is 0 Å². The van der Waals surface area contributed by atoms with Gasteiger partial charge in [0.1, 0.15) is 15.4 Å². The maximum absolute atomic E-state index is 11.6. The van der Waals surface area contributed by atoms with Crippen LogP contribution in [0, 0.1) is 0 Å². The van der Waals surface area contributed by atoms with E-state index in [1.54, 1.807) is 20.8 Å². The zero-order valence-corrected chi connectivity index (χ0v) is 11.0. The van der Waals surface area contributed by atoms with Crippen LogP contribution in [0.2, 0.25) is 0 Å². The van der Waals surface area contributed by atoms with Crippen molar-refractivity contribution in [3.8, 4) is 0 Å². The van der Waals surface area contributed by atoms with E-state index >= 15 is 0 Å². The molecule has 1 atom stereocenters. The number of rotatable bonds is 2. The van der Waals surface area contributed by atoms with Gasteiger partial charge in [-0.1, -0.05) is 0 Å². The highest BCUT2D eigenvalue weighted by Gasteiger charge is 2.36. The lowest BCUT2D eigenvalue weighted by atomic mass is 10.1. The normalized spacial score (nSPS) is 21.5. The van der Waals surface area contributed by atoms with Crippen LogP contribution in [0.5, 0.6) is 0 Å². The van der Waals surface area contributed by atoms with Gasteiger partial charge in [0.25, 0.3) is 0 Å². The van der Waals surface area contributed by atoms with E-state index in [9.17, 15) is 13.2 Å². The fourth-order valence-electron chi connectivity index (χ4n) is 1.52. The topological polar surface area (TPSA) is 63.7 Å². The molecule has 1 heterocycles. The van der Waals surface area contributed by atoms with Crippen LogP contribution in [0.4, 0.5) is 4.79 Å². The maximum Gasteiger partial charge on any atom is 0.410 e. The molecule has 1 fully saturated rings. The molecule has 0 aliphatic carbocycles. The number of hydrogen-bond donors (Lipinski definition) is 0. The third-order valence-corrected chi connectivity index (χ3v) is 3.26. The Balaban J connectivity index is 2.53. The molecule has 94 valence electrons. The largest absolute Gasteiger partial charge is 0.444 e. The molecule has 1 unspecified atom stereocenters. The zero-order chi connectivity index (χ0) is 12.6. The fraction of sp³-hybridized carbons (Fsp3) is 0.900. The minimum atomic E-state index is -3.04.